The minimum absolute atomic E-state index is 0.746. The molecule has 0 aliphatic heterocycles. The summed E-state index contributed by atoms with van der Waals surface area (Å²) in [6.07, 6.45) is 3.28. The minimum atomic E-state index is 0.746. The highest BCUT2D eigenvalue weighted by atomic mass is 32.2. The molecule has 0 unspecified atom stereocenters. The molecule has 1 nitrogen and oxygen atoms in total. The van der Waals surface area contributed by atoms with Crippen molar-refractivity contribution in [2.45, 2.75) is 0 Å². The van der Waals surface area contributed by atoms with Crippen LogP contribution < -0.4 is 0 Å². The van der Waals surface area contributed by atoms with Gasteiger partial charge in [0.05, 0.1) is 0 Å². The van der Waals surface area contributed by atoms with Crippen LogP contribution in [0.15, 0.2) is 18.7 Å². The molecule has 2 heteroatoms. The van der Waals surface area contributed by atoms with E-state index in [-0.39, 0.29) is 0 Å². The smallest absolute Gasteiger partial charge is 0.120 e. The summed E-state index contributed by atoms with van der Waals surface area (Å²) in [5.41, 5.74) is 0. The molecule has 44 valence electrons. The highest BCUT2D eigenvalue weighted by Crippen LogP contribution is 1.97. The quantitative estimate of drug-likeness (QED) is 0.322. The highest BCUT2D eigenvalue weighted by Gasteiger charge is 1.75. The zero-order valence-corrected chi connectivity index (χ0v) is 5.41. The van der Waals surface area contributed by atoms with Crippen LogP contribution in [-0.2, 0) is 4.79 Å². The summed E-state index contributed by atoms with van der Waals surface area (Å²) >= 11 is 1.64. The summed E-state index contributed by atoms with van der Waals surface area (Å²) in [5, 5.41) is 0. The van der Waals surface area contributed by atoms with Crippen molar-refractivity contribution in [3.63, 3.8) is 0 Å². The Morgan fingerprint density at radius 2 is 2.38 bits per heavy atom. The van der Waals surface area contributed by atoms with E-state index in [0.29, 0.717) is 0 Å². The Hall–Kier alpha value is -0.460. The van der Waals surface area contributed by atoms with Crippen LogP contribution in [0.3, 0.4) is 0 Å². The number of rotatable bonds is 4. The van der Waals surface area contributed by atoms with E-state index >= 15 is 0 Å². The Labute approximate surface area is 53.5 Å². The molecule has 0 heterocycles. The van der Waals surface area contributed by atoms with E-state index in [1.165, 1.54) is 6.08 Å². The third kappa shape index (κ3) is 5.54. The van der Waals surface area contributed by atoms with Gasteiger partial charge in [0.1, 0.15) is 5.94 Å². The second-order valence-electron chi connectivity index (χ2n) is 1.15. The maximum absolute atomic E-state index is 9.55. The van der Waals surface area contributed by atoms with E-state index in [2.05, 4.69) is 6.58 Å². The molecule has 0 spiro atoms. The average molecular weight is 128 g/mol. The molecular formula is C6H8OS. The van der Waals surface area contributed by atoms with Crippen molar-refractivity contribution in [2.75, 3.05) is 11.5 Å². The second kappa shape index (κ2) is 6.54. The summed E-state index contributed by atoms with van der Waals surface area (Å²) in [6.45, 7) is 3.53. The van der Waals surface area contributed by atoms with Gasteiger partial charge in [-0.2, -0.15) is 11.8 Å². The van der Waals surface area contributed by atoms with E-state index in [0.717, 1.165) is 11.5 Å². The summed E-state index contributed by atoms with van der Waals surface area (Å²) in [4.78, 5) is 9.55. The van der Waals surface area contributed by atoms with Crippen molar-refractivity contribution < 1.29 is 4.79 Å². The predicted molar refractivity (Wildman–Crippen MR) is 37.8 cm³/mol. The lowest BCUT2D eigenvalue weighted by molar-refractivity contribution is 0.568. The zero-order valence-electron chi connectivity index (χ0n) is 4.59. The maximum Gasteiger partial charge on any atom is 0.120 e. The predicted octanol–water partition coefficient (Wildman–Crippen LogP) is 1.29. The topological polar surface area (TPSA) is 17.1 Å². The van der Waals surface area contributed by atoms with E-state index < -0.39 is 0 Å². The lowest BCUT2D eigenvalue weighted by Gasteiger charge is -1.84. The average Bonchev–Trinajstić information content (AvgIpc) is 1.81. The number of hydrogen-bond acceptors (Lipinski definition) is 2. The molecule has 0 aliphatic rings. The van der Waals surface area contributed by atoms with Gasteiger partial charge < -0.3 is 0 Å². The third-order valence-corrected chi connectivity index (χ3v) is 1.39. The zero-order chi connectivity index (χ0) is 6.24. The summed E-state index contributed by atoms with van der Waals surface area (Å²) in [6, 6.07) is 0. The number of carbonyl (C=O) groups excluding carboxylic acids is 1. The third-order valence-electron chi connectivity index (χ3n) is 0.520. The van der Waals surface area contributed by atoms with Crippen LogP contribution in [0.5, 0.6) is 0 Å². The van der Waals surface area contributed by atoms with Gasteiger partial charge in [-0.3, -0.25) is 0 Å². The number of thioether (sulfide) groups is 1. The normalized spacial score (nSPS) is 7.50. The first kappa shape index (κ1) is 7.54. The van der Waals surface area contributed by atoms with E-state index in [9.17, 15) is 4.79 Å². The van der Waals surface area contributed by atoms with Crippen molar-refractivity contribution >= 4 is 17.7 Å². The fourth-order valence-corrected chi connectivity index (χ4v) is 0.733. The molecule has 0 atom stereocenters. The van der Waals surface area contributed by atoms with Gasteiger partial charge in [0.15, 0.2) is 0 Å². The SMILES string of the molecule is C=CCSCC=C=O. The lowest BCUT2D eigenvalue weighted by Crippen LogP contribution is -1.71. The van der Waals surface area contributed by atoms with E-state index in [1.54, 1.807) is 17.7 Å². The molecule has 0 radical (unpaired) electrons. The molecule has 0 aromatic carbocycles. The molecule has 0 aromatic rings. The van der Waals surface area contributed by atoms with Crippen LogP contribution in [-0.4, -0.2) is 17.4 Å². The van der Waals surface area contributed by atoms with Crippen LogP contribution in [0.1, 0.15) is 0 Å². The molecule has 8 heavy (non-hydrogen) atoms. The molecule has 0 rings (SSSR count). The monoisotopic (exact) mass is 128 g/mol. The van der Waals surface area contributed by atoms with Crippen molar-refractivity contribution in [1.82, 2.24) is 0 Å². The molecule has 0 N–H and O–H groups in total. The Kier molecular flexibility index (Phi) is 6.16. The van der Waals surface area contributed by atoms with Gasteiger partial charge in [-0.15, -0.1) is 6.58 Å². The number of hydrogen-bond donors (Lipinski definition) is 0. The Morgan fingerprint density at radius 3 is 2.88 bits per heavy atom. The molecule has 0 aromatic heterocycles. The van der Waals surface area contributed by atoms with Gasteiger partial charge in [-0.25, -0.2) is 4.79 Å². The molecular weight excluding hydrogens is 120 g/mol. The van der Waals surface area contributed by atoms with Crippen molar-refractivity contribution in [3.8, 4) is 0 Å². The Bertz CT molecular complexity index is 103. The maximum atomic E-state index is 9.55. The fourth-order valence-electron chi connectivity index (χ4n) is 0.244. The van der Waals surface area contributed by atoms with Gasteiger partial charge in [0.25, 0.3) is 0 Å². The van der Waals surface area contributed by atoms with Crippen LogP contribution in [0.25, 0.3) is 0 Å². The molecule has 0 saturated heterocycles. The van der Waals surface area contributed by atoms with Gasteiger partial charge in [0.2, 0.25) is 0 Å². The molecule has 0 aliphatic carbocycles. The summed E-state index contributed by atoms with van der Waals surface area (Å²) in [7, 11) is 0. The largest absolute Gasteiger partial charge is 0.234 e. The van der Waals surface area contributed by atoms with Crippen LogP contribution in [0.2, 0.25) is 0 Å². The lowest BCUT2D eigenvalue weighted by atomic mass is 10.7. The first-order chi connectivity index (χ1) is 3.91. The van der Waals surface area contributed by atoms with Crippen molar-refractivity contribution in [2.24, 2.45) is 0 Å². The van der Waals surface area contributed by atoms with E-state index in [1.807, 2.05) is 6.08 Å². The summed E-state index contributed by atoms with van der Waals surface area (Å²) < 4.78 is 0. The standard InChI is InChI=1S/C6H8OS/c1-2-5-8-6-3-4-7/h2-3H,1,5-6H2. The Balaban J connectivity index is 2.93. The highest BCUT2D eigenvalue weighted by molar-refractivity contribution is 7.99. The van der Waals surface area contributed by atoms with Crippen LogP contribution >= 0.6 is 11.8 Å². The first-order valence-corrected chi connectivity index (χ1v) is 3.45. The summed E-state index contributed by atoms with van der Waals surface area (Å²) in [5.74, 6) is 3.34. The van der Waals surface area contributed by atoms with Crippen molar-refractivity contribution in [1.29, 1.82) is 0 Å². The van der Waals surface area contributed by atoms with Gasteiger partial charge >= 0.3 is 0 Å². The van der Waals surface area contributed by atoms with Crippen molar-refractivity contribution in [3.05, 3.63) is 18.7 Å². The van der Waals surface area contributed by atoms with E-state index in [4.69, 9.17) is 0 Å². The molecule has 0 fully saturated rings. The molecule has 0 saturated carbocycles. The second-order valence-corrected chi connectivity index (χ2v) is 2.22. The Morgan fingerprint density at radius 1 is 1.62 bits per heavy atom. The first-order valence-electron chi connectivity index (χ1n) is 2.29. The van der Waals surface area contributed by atoms with Gasteiger partial charge in [-0.1, -0.05) is 6.08 Å². The minimum Gasteiger partial charge on any atom is -0.234 e. The van der Waals surface area contributed by atoms with Crippen LogP contribution in [0, 0.1) is 0 Å². The van der Waals surface area contributed by atoms with Crippen LogP contribution in [0.4, 0.5) is 0 Å². The van der Waals surface area contributed by atoms with Gasteiger partial charge in [0, 0.05) is 17.6 Å². The molecule has 0 bridgehead atoms. The fraction of sp³-hybridized carbons (Fsp3) is 0.333. The molecule has 0 amide bonds. The van der Waals surface area contributed by atoms with Gasteiger partial charge in [-0.05, 0) is 0 Å².